The average Bonchev–Trinajstić information content (AvgIpc) is 2.70. The molecular formula is C7H5N3O2S2. The maximum absolute atomic E-state index is 10.4. The van der Waals surface area contributed by atoms with Gasteiger partial charge in [0.15, 0.2) is 5.13 Å². The van der Waals surface area contributed by atoms with Crippen LogP contribution in [0.25, 0.3) is 10.4 Å². The highest BCUT2D eigenvalue weighted by Gasteiger charge is 2.12. The number of aromatic nitrogens is 1. The Morgan fingerprint density at radius 3 is 2.86 bits per heavy atom. The summed E-state index contributed by atoms with van der Waals surface area (Å²) in [7, 11) is 0. The van der Waals surface area contributed by atoms with Crippen LogP contribution in [0.2, 0.25) is 0 Å². The first kappa shape index (κ1) is 9.10. The van der Waals surface area contributed by atoms with Crippen LogP contribution in [0.1, 0.15) is 0 Å². The van der Waals surface area contributed by atoms with Gasteiger partial charge in [-0.3, -0.25) is 10.1 Å². The van der Waals surface area contributed by atoms with Crippen LogP contribution in [0.5, 0.6) is 0 Å². The molecule has 0 aliphatic heterocycles. The van der Waals surface area contributed by atoms with E-state index in [1.807, 2.05) is 0 Å². The second kappa shape index (κ2) is 3.35. The minimum Gasteiger partial charge on any atom is -0.375 e. The summed E-state index contributed by atoms with van der Waals surface area (Å²) in [4.78, 5) is 14.8. The first-order valence-electron chi connectivity index (χ1n) is 3.61. The summed E-state index contributed by atoms with van der Waals surface area (Å²) in [6, 6.07) is 1.53. The minimum absolute atomic E-state index is 0.131. The zero-order valence-electron chi connectivity index (χ0n) is 6.84. The van der Waals surface area contributed by atoms with E-state index in [1.54, 1.807) is 11.6 Å². The van der Waals surface area contributed by atoms with Gasteiger partial charge >= 0.3 is 5.00 Å². The third-order valence-electron chi connectivity index (χ3n) is 1.57. The van der Waals surface area contributed by atoms with Gasteiger partial charge in [0.25, 0.3) is 0 Å². The molecule has 0 bridgehead atoms. The Kier molecular flexibility index (Phi) is 2.18. The summed E-state index contributed by atoms with van der Waals surface area (Å²) >= 11 is 2.42. The van der Waals surface area contributed by atoms with Gasteiger partial charge in [-0.15, -0.1) is 0 Å². The smallest absolute Gasteiger partial charge is 0.324 e. The first-order valence-corrected chi connectivity index (χ1v) is 5.31. The molecule has 7 heteroatoms. The van der Waals surface area contributed by atoms with E-state index < -0.39 is 4.92 Å². The summed E-state index contributed by atoms with van der Waals surface area (Å²) in [5.74, 6) is 0. The van der Waals surface area contributed by atoms with Crippen molar-refractivity contribution in [2.45, 2.75) is 0 Å². The molecule has 2 aromatic rings. The lowest BCUT2D eigenvalue weighted by molar-refractivity contribution is -0.380. The fourth-order valence-electron chi connectivity index (χ4n) is 0.971. The molecule has 0 aliphatic carbocycles. The lowest BCUT2D eigenvalue weighted by Crippen LogP contribution is -1.80. The Balaban J connectivity index is 2.38. The Labute approximate surface area is 87.0 Å². The topological polar surface area (TPSA) is 82.0 Å². The Morgan fingerprint density at radius 1 is 1.57 bits per heavy atom. The van der Waals surface area contributed by atoms with Crippen LogP contribution >= 0.6 is 22.7 Å². The number of rotatable bonds is 2. The zero-order chi connectivity index (χ0) is 10.1. The highest BCUT2D eigenvalue weighted by Crippen LogP contribution is 2.33. The molecule has 2 rings (SSSR count). The second-order valence-electron chi connectivity index (χ2n) is 2.49. The summed E-state index contributed by atoms with van der Waals surface area (Å²) in [5, 5.41) is 12.8. The summed E-state index contributed by atoms with van der Waals surface area (Å²) in [6.07, 6.45) is 1.62. The van der Waals surface area contributed by atoms with E-state index in [2.05, 4.69) is 4.98 Å². The molecule has 0 amide bonds. The van der Waals surface area contributed by atoms with Gasteiger partial charge < -0.3 is 5.73 Å². The SMILES string of the molecule is Nc1ncc(-c2csc([N+](=O)[O-])c2)s1. The van der Waals surface area contributed by atoms with Crippen molar-refractivity contribution in [2.75, 3.05) is 5.73 Å². The van der Waals surface area contributed by atoms with Gasteiger partial charge in [0.05, 0.1) is 9.80 Å². The van der Waals surface area contributed by atoms with Crippen molar-refractivity contribution in [3.8, 4) is 10.4 Å². The van der Waals surface area contributed by atoms with Crippen molar-refractivity contribution in [1.29, 1.82) is 0 Å². The number of thiophene rings is 1. The van der Waals surface area contributed by atoms with E-state index in [1.165, 1.54) is 17.4 Å². The number of thiazole rings is 1. The van der Waals surface area contributed by atoms with E-state index in [0.29, 0.717) is 5.13 Å². The first-order chi connectivity index (χ1) is 6.66. The fourth-order valence-corrected chi connectivity index (χ4v) is 2.44. The molecule has 2 N–H and O–H groups in total. The van der Waals surface area contributed by atoms with Gasteiger partial charge in [0.2, 0.25) is 0 Å². The number of hydrogen-bond acceptors (Lipinski definition) is 6. The quantitative estimate of drug-likeness (QED) is 0.630. The molecule has 2 aromatic heterocycles. The van der Waals surface area contributed by atoms with E-state index in [4.69, 9.17) is 5.73 Å². The van der Waals surface area contributed by atoms with Crippen LogP contribution in [-0.4, -0.2) is 9.91 Å². The lowest BCUT2D eigenvalue weighted by atomic mass is 10.3. The monoisotopic (exact) mass is 227 g/mol. The summed E-state index contributed by atoms with van der Waals surface area (Å²) < 4.78 is 0. The maximum atomic E-state index is 10.4. The summed E-state index contributed by atoms with van der Waals surface area (Å²) in [6.45, 7) is 0. The molecule has 0 atom stereocenters. The Hall–Kier alpha value is -1.47. The lowest BCUT2D eigenvalue weighted by Gasteiger charge is -1.84. The number of hydrogen-bond donors (Lipinski definition) is 1. The van der Waals surface area contributed by atoms with Gasteiger partial charge in [0, 0.05) is 23.2 Å². The van der Waals surface area contributed by atoms with E-state index in [0.717, 1.165) is 21.8 Å². The van der Waals surface area contributed by atoms with Gasteiger partial charge in [-0.05, 0) is 0 Å². The molecule has 0 aliphatic rings. The third kappa shape index (κ3) is 1.59. The molecule has 5 nitrogen and oxygen atoms in total. The van der Waals surface area contributed by atoms with Gasteiger partial charge in [-0.25, -0.2) is 4.98 Å². The molecule has 72 valence electrons. The summed E-state index contributed by atoms with van der Waals surface area (Å²) in [5.41, 5.74) is 6.26. The molecule has 0 saturated heterocycles. The van der Waals surface area contributed by atoms with Crippen molar-refractivity contribution in [3.63, 3.8) is 0 Å². The molecule has 2 heterocycles. The van der Waals surface area contributed by atoms with Crippen LogP contribution in [0.15, 0.2) is 17.6 Å². The third-order valence-corrected chi connectivity index (χ3v) is 3.33. The van der Waals surface area contributed by atoms with Gasteiger partial charge in [-0.1, -0.05) is 22.7 Å². The predicted octanol–water partition coefficient (Wildman–Crippen LogP) is 2.36. The van der Waals surface area contributed by atoms with Crippen LogP contribution in [0.3, 0.4) is 0 Å². The van der Waals surface area contributed by atoms with Crippen molar-refractivity contribution in [2.24, 2.45) is 0 Å². The molecule has 0 unspecified atom stereocenters. The van der Waals surface area contributed by atoms with Crippen molar-refractivity contribution in [3.05, 3.63) is 27.8 Å². The molecule has 0 spiro atoms. The number of nitrogens with zero attached hydrogens (tertiary/aromatic N) is 2. The predicted molar refractivity (Wildman–Crippen MR) is 56.5 cm³/mol. The molecule has 0 fully saturated rings. The van der Waals surface area contributed by atoms with Crippen LogP contribution in [0.4, 0.5) is 10.1 Å². The van der Waals surface area contributed by atoms with Crippen molar-refractivity contribution < 1.29 is 4.92 Å². The Bertz CT molecular complexity index is 477. The van der Waals surface area contributed by atoms with E-state index >= 15 is 0 Å². The second-order valence-corrected chi connectivity index (χ2v) is 4.45. The normalized spacial score (nSPS) is 10.3. The standard InChI is InChI=1S/C7H5N3O2S2/c8-7-9-2-5(14-7)4-1-6(10(11)12)13-3-4/h1-3H,(H2,8,9). The zero-order valence-corrected chi connectivity index (χ0v) is 8.47. The molecule has 0 aromatic carbocycles. The molecule has 0 saturated carbocycles. The number of nitrogens with two attached hydrogens (primary N) is 1. The van der Waals surface area contributed by atoms with Crippen molar-refractivity contribution in [1.82, 2.24) is 4.98 Å². The minimum atomic E-state index is -0.404. The fraction of sp³-hybridized carbons (Fsp3) is 0. The number of anilines is 1. The molecule has 14 heavy (non-hydrogen) atoms. The van der Waals surface area contributed by atoms with Crippen molar-refractivity contribution >= 4 is 32.8 Å². The largest absolute Gasteiger partial charge is 0.375 e. The molecule has 0 radical (unpaired) electrons. The highest BCUT2D eigenvalue weighted by molar-refractivity contribution is 7.19. The Morgan fingerprint density at radius 2 is 2.36 bits per heavy atom. The average molecular weight is 227 g/mol. The maximum Gasteiger partial charge on any atom is 0.324 e. The van der Waals surface area contributed by atoms with E-state index in [9.17, 15) is 10.1 Å². The van der Waals surface area contributed by atoms with Crippen LogP contribution in [-0.2, 0) is 0 Å². The molecular weight excluding hydrogens is 222 g/mol. The van der Waals surface area contributed by atoms with Crippen LogP contribution < -0.4 is 5.73 Å². The number of nitrogen functional groups attached to an aromatic ring is 1. The van der Waals surface area contributed by atoms with Crippen LogP contribution in [0, 0.1) is 10.1 Å². The van der Waals surface area contributed by atoms with E-state index in [-0.39, 0.29) is 5.00 Å². The van der Waals surface area contributed by atoms with Gasteiger partial charge in [0.1, 0.15) is 0 Å². The van der Waals surface area contributed by atoms with Gasteiger partial charge in [-0.2, -0.15) is 0 Å². The highest BCUT2D eigenvalue weighted by atomic mass is 32.1. The number of nitro groups is 1.